The summed E-state index contributed by atoms with van der Waals surface area (Å²) in [5.41, 5.74) is 20.0. The first-order chi connectivity index (χ1) is 28.6. The standard InChI is InChI=1S/C58H59N/c1-53(2)22-23-54(3,4)52-47(53)10-7-11-49(52)59(43-19-15-38(16-20-43)55-30-35-25-40-28-41(33-55)57(40,55)32-35)42-17-12-36(13-18-42)37-14-21-45-44-8-5-6-9-46(44)58(48(45)27-37)50-26-34-24-39-29-51(58)56(39,50)31-34/h5-21,27,34-35,39-41,50-51H,22-26,28-33H2,1-4H3. The minimum Gasteiger partial charge on any atom is -0.310 e. The van der Waals surface area contributed by atoms with Crippen LogP contribution in [0, 0.1) is 52.3 Å². The van der Waals surface area contributed by atoms with E-state index in [0.29, 0.717) is 16.2 Å². The molecule has 5 aromatic rings. The minimum atomic E-state index is 0.0955. The Morgan fingerprint density at radius 2 is 1.22 bits per heavy atom. The number of benzene rings is 5. The minimum absolute atomic E-state index is 0.0955. The van der Waals surface area contributed by atoms with Crippen molar-refractivity contribution in [2.75, 3.05) is 4.90 Å². The quantitative estimate of drug-likeness (QED) is 0.172. The monoisotopic (exact) mass is 769 g/mol. The van der Waals surface area contributed by atoms with E-state index < -0.39 is 0 Å². The van der Waals surface area contributed by atoms with Gasteiger partial charge < -0.3 is 4.90 Å². The highest BCUT2D eigenvalue weighted by Gasteiger charge is 2.84. The lowest BCUT2D eigenvalue weighted by atomic mass is 9.27. The molecule has 59 heavy (non-hydrogen) atoms. The summed E-state index contributed by atoms with van der Waals surface area (Å²) in [5, 5.41) is 0. The Kier molecular flexibility index (Phi) is 5.88. The third kappa shape index (κ3) is 3.56. The third-order valence-electron chi connectivity index (χ3n) is 21.2. The molecule has 0 aliphatic heterocycles. The van der Waals surface area contributed by atoms with Crippen LogP contribution in [-0.2, 0) is 21.7 Å². The summed E-state index contributed by atoms with van der Waals surface area (Å²) in [4.78, 5) is 2.63. The average molecular weight is 770 g/mol. The molecular formula is C58H59N. The average Bonchev–Trinajstić information content (AvgIpc) is 4.01. The van der Waals surface area contributed by atoms with Gasteiger partial charge in [0, 0.05) is 22.2 Å². The van der Waals surface area contributed by atoms with Crippen molar-refractivity contribution in [1.82, 2.24) is 0 Å². The first-order valence-electron chi connectivity index (χ1n) is 24.0. The van der Waals surface area contributed by atoms with Crippen LogP contribution in [0.4, 0.5) is 17.1 Å². The predicted octanol–water partition coefficient (Wildman–Crippen LogP) is 14.6. The lowest BCUT2D eigenvalue weighted by Crippen LogP contribution is -2.73. The maximum Gasteiger partial charge on any atom is 0.0502 e. The SMILES string of the molecule is CC1(C)CCC(C)(C)c2c(N(c3ccc(-c4ccc5c(c4)C4(c6ccccc6-5)C5CC6CC7CC4C75C6)cc3)c3ccc(C45CC6CC7CC(C4)C75C6)cc3)cccc21. The van der Waals surface area contributed by atoms with E-state index in [9.17, 15) is 0 Å². The maximum atomic E-state index is 2.66. The number of hydrogen-bond acceptors (Lipinski definition) is 1. The van der Waals surface area contributed by atoms with E-state index in [4.69, 9.17) is 0 Å². The van der Waals surface area contributed by atoms with Gasteiger partial charge in [-0.25, -0.2) is 0 Å². The largest absolute Gasteiger partial charge is 0.310 e. The summed E-state index contributed by atoms with van der Waals surface area (Å²) in [6.45, 7) is 9.92. The van der Waals surface area contributed by atoms with E-state index in [1.54, 1.807) is 16.7 Å². The van der Waals surface area contributed by atoms with Crippen molar-refractivity contribution in [3.63, 3.8) is 0 Å². The van der Waals surface area contributed by atoms with E-state index in [0.717, 1.165) is 41.4 Å². The van der Waals surface area contributed by atoms with Crippen molar-refractivity contribution in [2.45, 2.75) is 120 Å². The Hall–Kier alpha value is -4.10. The van der Waals surface area contributed by atoms with Crippen LogP contribution in [0.1, 0.15) is 126 Å². The van der Waals surface area contributed by atoms with Crippen molar-refractivity contribution in [3.8, 4) is 22.3 Å². The van der Waals surface area contributed by atoms with Gasteiger partial charge in [-0.1, -0.05) is 100 Å². The normalized spacial score (nSPS) is 40.2. The summed E-state index contributed by atoms with van der Waals surface area (Å²) < 4.78 is 0. The van der Waals surface area contributed by atoms with E-state index in [1.165, 1.54) is 121 Å². The smallest absolute Gasteiger partial charge is 0.0502 e. The molecule has 3 spiro atoms. The third-order valence-corrected chi connectivity index (χ3v) is 21.2. The molecule has 10 aliphatic rings. The topological polar surface area (TPSA) is 3.24 Å². The number of fused-ring (bicyclic) bond motifs is 10. The fourth-order valence-corrected chi connectivity index (χ4v) is 19.2. The molecule has 8 fully saturated rings. The van der Waals surface area contributed by atoms with Crippen LogP contribution in [0.15, 0.2) is 109 Å². The predicted molar refractivity (Wildman–Crippen MR) is 241 cm³/mol. The molecule has 0 saturated heterocycles. The summed E-state index contributed by atoms with van der Waals surface area (Å²) in [6, 6.07) is 44.3. The van der Waals surface area contributed by atoms with Gasteiger partial charge in [0.15, 0.2) is 0 Å². The molecule has 5 aromatic carbocycles. The number of hydrogen-bond donors (Lipinski definition) is 0. The zero-order valence-corrected chi connectivity index (χ0v) is 35.7. The molecule has 11 atom stereocenters. The Morgan fingerprint density at radius 3 is 2.02 bits per heavy atom. The molecule has 296 valence electrons. The fraction of sp³-hybridized carbons (Fsp3) is 0.483. The van der Waals surface area contributed by atoms with Crippen LogP contribution in [-0.4, -0.2) is 0 Å². The highest BCUT2D eigenvalue weighted by atomic mass is 15.1. The van der Waals surface area contributed by atoms with Crippen LogP contribution in [0.5, 0.6) is 0 Å². The number of rotatable bonds is 5. The molecule has 1 heteroatoms. The molecule has 11 unspecified atom stereocenters. The second-order valence-electron chi connectivity index (χ2n) is 23.7. The second kappa shape index (κ2) is 10.3. The molecule has 8 saturated carbocycles. The van der Waals surface area contributed by atoms with E-state index in [2.05, 4.69) is 142 Å². The molecule has 0 N–H and O–H groups in total. The lowest BCUT2D eigenvalue weighted by molar-refractivity contribution is -0.231. The molecule has 10 aliphatic carbocycles. The van der Waals surface area contributed by atoms with Crippen molar-refractivity contribution < 1.29 is 0 Å². The van der Waals surface area contributed by atoms with Crippen LogP contribution in [0.3, 0.4) is 0 Å². The van der Waals surface area contributed by atoms with Gasteiger partial charge in [-0.3, -0.25) is 0 Å². The maximum absolute atomic E-state index is 2.66. The highest BCUT2D eigenvalue weighted by Crippen LogP contribution is 2.90. The molecule has 0 aromatic heterocycles. The molecule has 15 rings (SSSR count). The van der Waals surface area contributed by atoms with Gasteiger partial charge in [0.25, 0.3) is 0 Å². The van der Waals surface area contributed by atoms with Gasteiger partial charge in [0.1, 0.15) is 0 Å². The van der Waals surface area contributed by atoms with E-state index >= 15 is 0 Å². The molecule has 4 bridgehead atoms. The fourth-order valence-electron chi connectivity index (χ4n) is 19.2. The van der Waals surface area contributed by atoms with Gasteiger partial charge in [-0.2, -0.15) is 0 Å². The van der Waals surface area contributed by atoms with Gasteiger partial charge in [0.05, 0.1) is 5.69 Å². The van der Waals surface area contributed by atoms with Gasteiger partial charge in [-0.15, -0.1) is 0 Å². The second-order valence-corrected chi connectivity index (χ2v) is 23.7. The van der Waals surface area contributed by atoms with Crippen LogP contribution < -0.4 is 4.90 Å². The van der Waals surface area contributed by atoms with Gasteiger partial charge in [0.2, 0.25) is 0 Å². The summed E-state index contributed by atoms with van der Waals surface area (Å²) in [6.07, 6.45) is 15.8. The van der Waals surface area contributed by atoms with Crippen LogP contribution in [0.25, 0.3) is 22.3 Å². The van der Waals surface area contributed by atoms with E-state index in [-0.39, 0.29) is 16.2 Å². The summed E-state index contributed by atoms with van der Waals surface area (Å²) in [5.74, 6) is 6.67. The van der Waals surface area contributed by atoms with Crippen molar-refractivity contribution in [2.24, 2.45) is 52.3 Å². The lowest BCUT2D eigenvalue weighted by Gasteiger charge is -2.76. The summed E-state index contributed by atoms with van der Waals surface area (Å²) >= 11 is 0. The highest BCUT2D eigenvalue weighted by molar-refractivity contribution is 5.87. The molecule has 1 nitrogen and oxygen atoms in total. The summed E-state index contributed by atoms with van der Waals surface area (Å²) in [7, 11) is 0. The first kappa shape index (κ1) is 33.6. The first-order valence-corrected chi connectivity index (χ1v) is 24.0. The zero-order valence-electron chi connectivity index (χ0n) is 35.7. The Labute approximate surface area is 352 Å². The zero-order chi connectivity index (χ0) is 39.1. The van der Waals surface area contributed by atoms with Crippen molar-refractivity contribution in [3.05, 3.63) is 137 Å². The molecule has 0 heterocycles. The Balaban J connectivity index is 0.840. The van der Waals surface area contributed by atoms with E-state index in [1.807, 2.05) is 0 Å². The molecule has 0 amide bonds. The van der Waals surface area contributed by atoms with Gasteiger partial charge in [-0.05, 0) is 220 Å². The number of nitrogens with zero attached hydrogens (tertiary/aromatic N) is 1. The van der Waals surface area contributed by atoms with Crippen LogP contribution in [0.2, 0.25) is 0 Å². The van der Waals surface area contributed by atoms with Crippen LogP contribution >= 0.6 is 0 Å². The Morgan fingerprint density at radius 1 is 0.508 bits per heavy atom. The molecule has 0 radical (unpaired) electrons. The van der Waals surface area contributed by atoms with Crippen molar-refractivity contribution in [1.29, 1.82) is 0 Å². The van der Waals surface area contributed by atoms with Crippen molar-refractivity contribution >= 4 is 17.1 Å². The van der Waals surface area contributed by atoms with Gasteiger partial charge >= 0.3 is 0 Å². The molecular weight excluding hydrogens is 711 g/mol. The Bertz CT molecular complexity index is 2680. The number of anilines is 3.